The quantitative estimate of drug-likeness (QED) is 0.637. The Morgan fingerprint density at radius 3 is 1.53 bits per heavy atom. The average Bonchev–Trinajstić information content (AvgIpc) is 2.21. The minimum absolute atomic E-state index is 0.0853. The highest BCUT2D eigenvalue weighted by Crippen LogP contribution is 2.82. The van der Waals surface area contributed by atoms with Crippen molar-refractivity contribution in [1.82, 2.24) is 0 Å². The van der Waals surface area contributed by atoms with E-state index < -0.39 is 6.49 Å². The Kier molecular flexibility index (Phi) is 2.61. The summed E-state index contributed by atoms with van der Waals surface area (Å²) in [5, 5.41) is -0.171. The van der Waals surface area contributed by atoms with Crippen molar-refractivity contribution in [3.8, 4) is 0 Å². The third kappa shape index (κ3) is 1.26. The summed E-state index contributed by atoms with van der Waals surface area (Å²) >= 11 is 6.57. The lowest BCUT2D eigenvalue weighted by Crippen LogP contribution is -2.51. The van der Waals surface area contributed by atoms with Crippen LogP contribution in [0.25, 0.3) is 0 Å². The molecule has 1 nitrogen and oxygen atoms in total. The Labute approximate surface area is 98.1 Å². The summed E-state index contributed by atoms with van der Waals surface area (Å²) in [5.41, 5.74) is 0. The van der Waals surface area contributed by atoms with Crippen LogP contribution in [0, 0.1) is 11.8 Å². The maximum atomic E-state index is 13.0. The van der Waals surface area contributed by atoms with Gasteiger partial charge < -0.3 is 4.57 Å². The van der Waals surface area contributed by atoms with Gasteiger partial charge in [0.2, 0.25) is 0 Å². The SMILES string of the molecule is CC1CCC1(C)P(=O)(Cl)C1(C)CCC1C. The van der Waals surface area contributed by atoms with E-state index in [0.717, 1.165) is 12.8 Å². The Morgan fingerprint density at radius 2 is 1.40 bits per heavy atom. The summed E-state index contributed by atoms with van der Waals surface area (Å²) < 4.78 is 13.0. The van der Waals surface area contributed by atoms with Crippen LogP contribution in [0.3, 0.4) is 0 Å². The lowest BCUT2D eigenvalue weighted by atomic mass is 9.74. The molecule has 0 bridgehead atoms. The zero-order valence-electron chi connectivity index (χ0n) is 10.2. The summed E-state index contributed by atoms with van der Waals surface area (Å²) in [5.74, 6) is 1.07. The minimum atomic E-state index is -2.56. The fraction of sp³-hybridized carbons (Fsp3) is 1.00. The van der Waals surface area contributed by atoms with Gasteiger partial charge in [-0.25, -0.2) is 0 Å². The van der Waals surface area contributed by atoms with E-state index >= 15 is 0 Å². The Hall–Kier alpha value is 0.520. The molecule has 0 amide bonds. The van der Waals surface area contributed by atoms with Gasteiger partial charge in [-0.05, 0) is 37.5 Å². The third-order valence-corrected chi connectivity index (χ3v) is 11.9. The fourth-order valence-electron chi connectivity index (χ4n) is 3.14. The molecule has 0 aromatic rings. The van der Waals surface area contributed by atoms with Crippen LogP contribution in [0.1, 0.15) is 53.4 Å². The molecule has 4 unspecified atom stereocenters. The molecule has 3 heteroatoms. The summed E-state index contributed by atoms with van der Waals surface area (Å²) in [6.45, 7) is 6.12. The van der Waals surface area contributed by atoms with Crippen LogP contribution >= 0.6 is 17.7 Å². The van der Waals surface area contributed by atoms with Crippen LogP contribution in [-0.2, 0) is 4.57 Å². The second kappa shape index (κ2) is 3.26. The average molecular weight is 249 g/mol. The number of halogens is 1. The first-order valence-electron chi connectivity index (χ1n) is 6.05. The Balaban J connectivity index is 2.31. The van der Waals surface area contributed by atoms with E-state index in [0.29, 0.717) is 11.8 Å². The first-order valence-corrected chi connectivity index (χ1v) is 8.67. The summed E-state index contributed by atoms with van der Waals surface area (Å²) in [6, 6.07) is 0. The highest BCUT2D eigenvalue weighted by molar-refractivity contribution is 7.91. The van der Waals surface area contributed by atoms with Crippen molar-refractivity contribution in [3.63, 3.8) is 0 Å². The van der Waals surface area contributed by atoms with Gasteiger partial charge in [0.15, 0.2) is 6.49 Å². The standard InChI is InChI=1S/C12H22ClOP/c1-9-5-7-11(9,3)15(13,14)12(4)8-6-10(12)2/h9-10H,5-8H2,1-4H3. The van der Waals surface area contributed by atoms with E-state index in [4.69, 9.17) is 11.2 Å². The van der Waals surface area contributed by atoms with Gasteiger partial charge in [-0.2, -0.15) is 0 Å². The molecule has 88 valence electrons. The first-order chi connectivity index (χ1) is 6.76. The van der Waals surface area contributed by atoms with Crippen molar-refractivity contribution in [2.45, 2.75) is 63.7 Å². The fourth-order valence-corrected chi connectivity index (χ4v) is 8.04. The monoisotopic (exact) mass is 248 g/mol. The summed E-state index contributed by atoms with van der Waals surface area (Å²) in [7, 11) is 0. The molecule has 2 aliphatic carbocycles. The van der Waals surface area contributed by atoms with Crippen molar-refractivity contribution in [3.05, 3.63) is 0 Å². The zero-order chi connectivity index (χ0) is 11.5. The van der Waals surface area contributed by atoms with Gasteiger partial charge in [0.1, 0.15) is 0 Å². The second-order valence-electron chi connectivity index (χ2n) is 6.13. The van der Waals surface area contributed by atoms with Crippen molar-refractivity contribution < 1.29 is 4.57 Å². The Morgan fingerprint density at radius 1 is 1.07 bits per heavy atom. The van der Waals surface area contributed by atoms with Gasteiger partial charge in [0.05, 0.1) is 0 Å². The van der Waals surface area contributed by atoms with Crippen molar-refractivity contribution >= 4 is 17.7 Å². The molecule has 0 aromatic carbocycles. The summed E-state index contributed by atoms with van der Waals surface area (Å²) in [4.78, 5) is 0. The predicted octanol–water partition coefficient (Wildman–Crippen LogP) is 4.88. The van der Waals surface area contributed by atoms with E-state index in [1.165, 1.54) is 12.8 Å². The maximum absolute atomic E-state index is 13.0. The molecule has 2 aliphatic rings. The van der Waals surface area contributed by atoms with E-state index in [-0.39, 0.29) is 10.3 Å². The van der Waals surface area contributed by atoms with Crippen LogP contribution in [-0.4, -0.2) is 10.3 Å². The highest BCUT2D eigenvalue weighted by Gasteiger charge is 2.64. The van der Waals surface area contributed by atoms with Crippen LogP contribution in [0.5, 0.6) is 0 Å². The molecule has 4 atom stereocenters. The molecule has 0 heterocycles. The molecule has 2 saturated carbocycles. The lowest BCUT2D eigenvalue weighted by Gasteiger charge is -2.58. The second-order valence-corrected chi connectivity index (χ2v) is 10.7. The van der Waals surface area contributed by atoms with Gasteiger partial charge in [0, 0.05) is 10.3 Å². The molecule has 0 aromatic heterocycles. The van der Waals surface area contributed by atoms with Crippen LogP contribution < -0.4 is 0 Å². The van der Waals surface area contributed by atoms with Crippen LogP contribution in [0.15, 0.2) is 0 Å². The van der Waals surface area contributed by atoms with E-state index in [1.807, 2.05) is 0 Å². The molecular weight excluding hydrogens is 227 g/mol. The zero-order valence-corrected chi connectivity index (χ0v) is 11.9. The lowest BCUT2D eigenvalue weighted by molar-refractivity contribution is 0.201. The van der Waals surface area contributed by atoms with Crippen molar-refractivity contribution in [1.29, 1.82) is 0 Å². The predicted molar refractivity (Wildman–Crippen MR) is 67.1 cm³/mol. The maximum Gasteiger partial charge on any atom is 0.181 e. The molecule has 0 N–H and O–H groups in total. The van der Waals surface area contributed by atoms with E-state index in [9.17, 15) is 4.57 Å². The Bertz CT molecular complexity index is 302. The third-order valence-electron chi connectivity index (χ3n) is 5.60. The van der Waals surface area contributed by atoms with Crippen molar-refractivity contribution in [2.75, 3.05) is 0 Å². The molecule has 0 saturated heterocycles. The number of hydrogen-bond donors (Lipinski definition) is 0. The molecule has 2 rings (SSSR count). The van der Waals surface area contributed by atoms with Crippen LogP contribution in [0.2, 0.25) is 0 Å². The number of hydrogen-bond acceptors (Lipinski definition) is 1. The minimum Gasteiger partial charge on any atom is -0.305 e. The van der Waals surface area contributed by atoms with E-state index in [1.54, 1.807) is 0 Å². The highest BCUT2D eigenvalue weighted by atomic mass is 35.7. The number of rotatable bonds is 2. The molecular formula is C12H22ClOP. The van der Waals surface area contributed by atoms with Gasteiger partial charge >= 0.3 is 0 Å². The largest absolute Gasteiger partial charge is 0.305 e. The molecule has 2 fully saturated rings. The van der Waals surface area contributed by atoms with Gasteiger partial charge in [0.25, 0.3) is 0 Å². The summed E-state index contributed by atoms with van der Waals surface area (Å²) in [6.07, 6.45) is 4.49. The first kappa shape index (κ1) is 12.0. The smallest absolute Gasteiger partial charge is 0.181 e. The molecule has 15 heavy (non-hydrogen) atoms. The molecule has 0 spiro atoms. The van der Waals surface area contributed by atoms with Gasteiger partial charge in [-0.1, -0.05) is 38.9 Å². The molecule has 0 aliphatic heterocycles. The van der Waals surface area contributed by atoms with Gasteiger partial charge in [-0.3, -0.25) is 0 Å². The molecule has 0 radical (unpaired) electrons. The van der Waals surface area contributed by atoms with Crippen molar-refractivity contribution in [2.24, 2.45) is 11.8 Å². The van der Waals surface area contributed by atoms with E-state index in [2.05, 4.69) is 27.7 Å². The van der Waals surface area contributed by atoms with Crippen LogP contribution in [0.4, 0.5) is 0 Å². The topological polar surface area (TPSA) is 17.1 Å². The normalized spacial score (nSPS) is 53.9. The van der Waals surface area contributed by atoms with Gasteiger partial charge in [-0.15, -0.1) is 0 Å².